The molecule has 4 nitrogen and oxygen atoms in total. The molecule has 0 bridgehead atoms. The van der Waals surface area contributed by atoms with Crippen molar-refractivity contribution < 1.29 is 4.74 Å². The molecule has 0 fully saturated rings. The van der Waals surface area contributed by atoms with Gasteiger partial charge >= 0.3 is 0 Å². The van der Waals surface area contributed by atoms with Crippen molar-refractivity contribution >= 4 is 41.3 Å². The second-order valence-corrected chi connectivity index (χ2v) is 5.10. The molecule has 0 saturated carbocycles. The first-order chi connectivity index (χ1) is 8.77. The summed E-state index contributed by atoms with van der Waals surface area (Å²) in [5.41, 5.74) is 0. The molecule has 1 rings (SSSR count). The van der Waals surface area contributed by atoms with Crippen LogP contribution >= 0.6 is 35.3 Å². The van der Waals surface area contributed by atoms with E-state index in [1.54, 1.807) is 18.4 Å². The highest BCUT2D eigenvalue weighted by Gasteiger charge is 2.05. The van der Waals surface area contributed by atoms with E-state index in [1.165, 1.54) is 4.88 Å². The molecule has 0 aliphatic heterocycles. The van der Waals surface area contributed by atoms with Crippen LogP contribution in [0.1, 0.15) is 11.3 Å². The van der Waals surface area contributed by atoms with Crippen LogP contribution in [-0.4, -0.2) is 51.8 Å². The standard InChI is InChI=1S/C13H23N3OS.HI/c1-14-13(15-8-5-10-17-3)16(2)9-7-12-6-4-11-18-12;/h4,6,11H,5,7-10H2,1-3H3,(H,14,15);1H. The van der Waals surface area contributed by atoms with Crippen molar-refractivity contribution in [2.24, 2.45) is 4.99 Å². The van der Waals surface area contributed by atoms with Gasteiger partial charge in [-0.05, 0) is 24.3 Å². The topological polar surface area (TPSA) is 36.9 Å². The third kappa shape index (κ3) is 7.74. The van der Waals surface area contributed by atoms with Crippen LogP contribution in [0.4, 0.5) is 0 Å². The zero-order valence-electron chi connectivity index (χ0n) is 11.9. The molecule has 6 heteroatoms. The van der Waals surface area contributed by atoms with E-state index in [4.69, 9.17) is 4.74 Å². The van der Waals surface area contributed by atoms with Crippen LogP contribution in [0.2, 0.25) is 0 Å². The number of halogens is 1. The first-order valence-electron chi connectivity index (χ1n) is 6.21. The molecule has 110 valence electrons. The van der Waals surface area contributed by atoms with Gasteiger partial charge in [0.1, 0.15) is 0 Å². The van der Waals surface area contributed by atoms with Crippen LogP contribution in [-0.2, 0) is 11.2 Å². The Balaban J connectivity index is 0.00000324. The van der Waals surface area contributed by atoms with Gasteiger partial charge in [0.15, 0.2) is 5.96 Å². The zero-order valence-corrected chi connectivity index (χ0v) is 15.0. The van der Waals surface area contributed by atoms with Gasteiger partial charge in [-0.15, -0.1) is 35.3 Å². The van der Waals surface area contributed by atoms with Gasteiger partial charge in [-0.1, -0.05) is 6.07 Å². The highest BCUT2D eigenvalue weighted by atomic mass is 127. The lowest BCUT2D eigenvalue weighted by molar-refractivity contribution is 0.195. The Morgan fingerprint density at radius 2 is 2.32 bits per heavy atom. The Morgan fingerprint density at radius 1 is 1.53 bits per heavy atom. The quantitative estimate of drug-likeness (QED) is 0.333. The van der Waals surface area contributed by atoms with E-state index in [1.807, 2.05) is 7.05 Å². The van der Waals surface area contributed by atoms with Crippen molar-refractivity contribution in [2.45, 2.75) is 12.8 Å². The minimum Gasteiger partial charge on any atom is -0.385 e. The summed E-state index contributed by atoms with van der Waals surface area (Å²) in [6.45, 7) is 2.65. The molecular formula is C13H24IN3OS. The molecule has 0 radical (unpaired) electrons. The molecular weight excluding hydrogens is 373 g/mol. The minimum atomic E-state index is 0. The van der Waals surface area contributed by atoms with Crippen LogP contribution in [0.25, 0.3) is 0 Å². The van der Waals surface area contributed by atoms with Gasteiger partial charge in [-0.25, -0.2) is 0 Å². The van der Waals surface area contributed by atoms with Crippen molar-refractivity contribution in [3.8, 4) is 0 Å². The summed E-state index contributed by atoms with van der Waals surface area (Å²) in [4.78, 5) is 7.85. The van der Waals surface area contributed by atoms with Crippen molar-refractivity contribution in [1.29, 1.82) is 0 Å². The Morgan fingerprint density at radius 3 is 2.89 bits per heavy atom. The second-order valence-electron chi connectivity index (χ2n) is 4.07. The average molecular weight is 397 g/mol. The molecule has 1 heterocycles. The number of rotatable bonds is 7. The van der Waals surface area contributed by atoms with Gasteiger partial charge in [0, 0.05) is 45.8 Å². The maximum atomic E-state index is 5.02. The lowest BCUT2D eigenvalue weighted by Gasteiger charge is -2.21. The number of aliphatic imine (C=N–C) groups is 1. The summed E-state index contributed by atoms with van der Waals surface area (Å²) in [6.07, 6.45) is 2.06. The van der Waals surface area contributed by atoms with E-state index in [2.05, 4.69) is 39.8 Å². The van der Waals surface area contributed by atoms with E-state index < -0.39 is 0 Å². The number of hydrogen-bond acceptors (Lipinski definition) is 3. The number of methoxy groups -OCH3 is 1. The van der Waals surface area contributed by atoms with E-state index in [9.17, 15) is 0 Å². The molecule has 0 saturated heterocycles. The molecule has 1 N–H and O–H groups in total. The van der Waals surface area contributed by atoms with Crippen LogP contribution in [0.15, 0.2) is 22.5 Å². The van der Waals surface area contributed by atoms with Crippen LogP contribution in [0.5, 0.6) is 0 Å². The van der Waals surface area contributed by atoms with E-state index >= 15 is 0 Å². The number of guanidine groups is 1. The molecule has 19 heavy (non-hydrogen) atoms. The fourth-order valence-corrected chi connectivity index (χ4v) is 2.34. The SMILES string of the molecule is CN=C(NCCCOC)N(C)CCc1cccs1.I. The number of nitrogens with one attached hydrogen (secondary N) is 1. The Hall–Kier alpha value is -0.340. The molecule has 0 aliphatic rings. The third-order valence-corrected chi connectivity index (χ3v) is 3.59. The zero-order chi connectivity index (χ0) is 13.2. The van der Waals surface area contributed by atoms with E-state index in [0.717, 1.165) is 38.5 Å². The van der Waals surface area contributed by atoms with Crippen LogP contribution in [0.3, 0.4) is 0 Å². The third-order valence-electron chi connectivity index (χ3n) is 2.66. The van der Waals surface area contributed by atoms with Crippen LogP contribution < -0.4 is 5.32 Å². The summed E-state index contributed by atoms with van der Waals surface area (Å²) in [6, 6.07) is 4.27. The summed E-state index contributed by atoms with van der Waals surface area (Å²) in [7, 11) is 5.61. The normalized spacial score (nSPS) is 11.0. The van der Waals surface area contributed by atoms with Gasteiger partial charge in [-0.2, -0.15) is 0 Å². The Kier molecular flexibility index (Phi) is 11.3. The fraction of sp³-hybridized carbons (Fsp3) is 0.615. The average Bonchev–Trinajstić information content (AvgIpc) is 2.89. The maximum absolute atomic E-state index is 5.02. The smallest absolute Gasteiger partial charge is 0.193 e. The van der Waals surface area contributed by atoms with Gasteiger partial charge in [0.05, 0.1) is 0 Å². The molecule has 0 aromatic carbocycles. The van der Waals surface area contributed by atoms with Crippen molar-refractivity contribution in [3.05, 3.63) is 22.4 Å². The molecule has 0 aliphatic carbocycles. The lowest BCUT2D eigenvalue weighted by Crippen LogP contribution is -2.40. The van der Waals surface area contributed by atoms with Crippen molar-refractivity contribution in [3.63, 3.8) is 0 Å². The summed E-state index contributed by atoms with van der Waals surface area (Å²) in [5, 5.41) is 5.45. The molecule has 1 aromatic heterocycles. The number of nitrogens with zero attached hydrogens (tertiary/aromatic N) is 2. The second kappa shape index (κ2) is 11.5. The highest BCUT2D eigenvalue weighted by Crippen LogP contribution is 2.09. The maximum Gasteiger partial charge on any atom is 0.193 e. The molecule has 0 atom stereocenters. The molecule has 1 aromatic rings. The first-order valence-corrected chi connectivity index (χ1v) is 7.09. The monoisotopic (exact) mass is 397 g/mol. The van der Waals surface area contributed by atoms with Gasteiger partial charge in [0.2, 0.25) is 0 Å². The fourth-order valence-electron chi connectivity index (χ4n) is 1.64. The van der Waals surface area contributed by atoms with Crippen LogP contribution in [0, 0.1) is 0 Å². The molecule has 0 amide bonds. The Labute approximate surface area is 137 Å². The minimum absolute atomic E-state index is 0. The number of ether oxygens (including phenoxy) is 1. The summed E-state index contributed by atoms with van der Waals surface area (Å²) in [5.74, 6) is 0.947. The molecule has 0 unspecified atom stereocenters. The van der Waals surface area contributed by atoms with Crippen molar-refractivity contribution in [2.75, 3.05) is 40.9 Å². The summed E-state index contributed by atoms with van der Waals surface area (Å²) >= 11 is 1.81. The number of thiophene rings is 1. The lowest BCUT2D eigenvalue weighted by atomic mass is 10.3. The first kappa shape index (κ1) is 18.7. The Bertz CT molecular complexity index is 344. The van der Waals surface area contributed by atoms with E-state index in [-0.39, 0.29) is 24.0 Å². The number of likely N-dealkylation sites (N-methyl/N-ethyl adjacent to an activating group) is 1. The van der Waals surface area contributed by atoms with Crippen molar-refractivity contribution in [1.82, 2.24) is 10.2 Å². The largest absolute Gasteiger partial charge is 0.385 e. The van der Waals surface area contributed by atoms with E-state index in [0.29, 0.717) is 0 Å². The van der Waals surface area contributed by atoms with Gasteiger partial charge in [-0.3, -0.25) is 4.99 Å². The predicted molar refractivity (Wildman–Crippen MR) is 93.9 cm³/mol. The molecule has 0 spiro atoms. The number of hydrogen-bond donors (Lipinski definition) is 1. The van der Waals surface area contributed by atoms with Gasteiger partial charge < -0.3 is 15.0 Å². The highest BCUT2D eigenvalue weighted by molar-refractivity contribution is 14.0. The summed E-state index contributed by atoms with van der Waals surface area (Å²) < 4.78 is 5.02. The van der Waals surface area contributed by atoms with Gasteiger partial charge in [0.25, 0.3) is 0 Å². The predicted octanol–water partition coefficient (Wildman–Crippen LogP) is 2.45.